The number of anilines is 1. The average Bonchev–Trinajstić information content (AvgIpc) is 2.68. The fourth-order valence-electron chi connectivity index (χ4n) is 3.02. The van der Waals surface area contributed by atoms with Gasteiger partial charge in [0.2, 0.25) is 5.91 Å². The molecule has 0 bridgehead atoms. The van der Waals surface area contributed by atoms with Crippen molar-refractivity contribution in [1.29, 1.82) is 0 Å². The highest BCUT2D eigenvalue weighted by atomic mass is 32.2. The van der Waals surface area contributed by atoms with Crippen LogP contribution in [0.1, 0.15) is 41.8 Å². The van der Waals surface area contributed by atoms with Gasteiger partial charge < -0.3 is 10.6 Å². The molecule has 0 saturated heterocycles. The Balaban J connectivity index is 2.14. The summed E-state index contributed by atoms with van der Waals surface area (Å²) in [6, 6.07) is 10.7. The van der Waals surface area contributed by atoms with Crippen LogP contribution in [0.25, 0.3) is 0 Å². The minimum Gasteiger partial charge on any atom is -0.357 e. The van der Waals surface area contributed by atoms with Crippen molar-refractivity contribution in [3.8, 4) is 0 Å². The lowest BCUT2D eigenvalue weighted by molar-refractivity contribution is -0.122. The van der Waals surface area contributed by atoms with Crippen LogP contribution in [0, 0.1) is 19.8 Å². The SMILES string of the molecule is CNC(=O)C(CC(C)C)NC(=O)c1ccc(NS(=O)(=O)c2cc(C)ccc2C)cc1. The first kappa shape index (κ1) is 23.4. The number of nitrogens with one attached hydrogen (secondary N) is 3. The Hall–Kier alpha value is -2.87. The molecule has 0 aromatic heterocycles. The molecule has 0 aliphatic rings. The molecule has 0 radical (unpaired) electrons. The van der Waals surface area contributed by atoms with Crippen LogP contribution in [-0.4, -0.2) is 33.3 Å². The molecule has 8 heteroatoms. The molecule has 1 atom stereocenters. The zero-order chi connectivity index (χ0) is 22.5. The third kappa shape index (κ3) is 6.06. The van der Waals surface area contributed by atoms with Crippen molar-refractivity contribution in [2.45, 2.75) is 45.1 Å². The van der Waals surface area contributed by atoms with Gasteiger partial charge in [0, 0.05) is 18.3 Å². The number of rotatable bonds is 8. The zero-order valence-electron chi connectivity index (χ0n) is 17.9. The predicted octanol–water partition coefficient (Wildman–Crippen LogP) is 2.99. The maximum atomic E-state index is 12.7. The van der Waals surface area contributed by atoms with E-state index < -0.39 is 22.0 Å². The first-order valence-corrected chi connectivity index (χ1v) is 11.2. The number of sulfonamides is 1. The quantitative estimate of drug-likeness (QED) is 0.598. The van der Waals surface area contributed by atoms with E-state index in [1.165, 1.54) is 31.3 Å². The van der Waals surface area contributed by atoms with E-state index in [1.54, 1.807) is 19.1 Å². The molecular weight excluding hydrogens is 402 g/mol. The van der Waals surface area contributed by atoms with Crippen LogP contribution >= 0.6 is 0 Å². The minimum atomic E-state index is -3.75. The molecule has 30 heavy (non-hydrogen) atoms. The molecule has 2 rings (SSSR count). The van der Waals surface area contributed by atoms with Crippen LogP contribution in [0.3, 0.4) is 0 Å². The first-order chi connectivity index (χ1) is 14.0. The van der Waals surface area contributed by atoms with Crippen molar-refractivity contribution >= 4 is 27.5 Å². The molecule has 2 amide bonds. The predicted molar refractivity (Wildman–Crippen MR) is 118 cm³/mol. The number of aryl methyl sites for hydroxylation is 2. The second-order valence-electron chi connectivity index (χ2n) is 7.72. The van der Waals surface area contributed by atoms with Gasteiger partial charge in [0.15, 0.2) is 0 Å². The summed E-state index contributed by atoms with van der Waals surface area (Å²) in [7, 11) is -2.22. The summed E-state index contributed by atoms with van der Waals surface area (Å²) < 4.78 is 28.0. The molecule has 162 valence electrons. The average molecular weight is 432 g/mol. The van der Waals surface area contributed by atoms with Crippen molar-refractivity contribution in [1.82, 2.24) is 10.6 Å². The number of likely N-dealkylation sites (N-methyl/N-ethyl adjacent to an activating group) is 1. The highest BCUT2D eigenvalue weighted by Crippen LogP contribution is 2.21. The maximum absolute atomic E-state index is 12.7. The van der Waals surface area contributed by atoms with Crippen molar-refractivity contribution in [2.24, 2.45) is 5.92 Å². The third-order valence-electron chi connectivity index (χ3n) is 4.61. The molecule has 7 nitrogen and oxygen atoms in total. The smallest absolute Gasteiger partial charge is 0.262 e. The van der Waals surface area contributed by atoms with Crippen molar-refractivity contribution in [3.05, 3.63) is 59.2 Å². The van der Waals surface area contributed by atoms with E-state index in [9.17, 15) is 18.0 Å². The second-order valence-corrected chi connectivity index (χ2v) is 9.37. The molecule has 2 aromatic rings. The summed E-state index contributed by atoms with van der Waals surface area (Å²) in [6.45, 7) is 7.51. The van der Waals surface area contributed by atoms with Gasteiger partial charge in [0.25, 0.3) is 15.9 Å². The highest BCUT2D eigenvalue weighted by Gasteiger charge is 2.22. The molecule has 0 spiro atoms. The van der Waals surface area contributed by atoms with Crippen LogP contribution < -0.4 is 15.4 Å². The molecule has 0 fully saturated rings. The van der Waals surface area contributed by atoms with E-state index in [-0.39, 0.29) is 16.7 Å². The number of amides is 2. The van der Waals surface area contributed by atoms with Gasteiger partial charge in [-0.15, -0.1) is 0 Å². The molecule has 0 saturated carbocycles. The van der Waals surface area contributed by atoms with E-state index >= 15 is 0 Å². The summed E-state index contributed by atoms with van der Waals surface area (Å²) in [6.07, 6.45) is 0.513. The standard InChI is InChI=1S/C22H29N3O4S/c1-14(2)12-19(22(27)23-5)24-21(26)17-8-10-18(11-9-17)25-30(28,29)20-13-15(3)6-7-16(20)4/h6-11,13-14,19,25H,12H2,1-5H3,(H,23,27)(H,24,26). The molecule has 1 unspecified atom stereocenters. The number of hydrogen-bond acceptors (Lipinski definition) is 4. The monoisotopic (exact) mass is 431 g/mol. The third-order valence-corrected chi connectivity index (χ3v) is 6.13. The summed E-state index contributed by atoms with van der Waals surface area (Å²) in [5, 5.41) is 5.29. The van der Waals surface area contributed by atoms with Gasteiger partial charge in [-0.05, 0) is 67.6 Å². The normalized spacial score (nSPS) is 12.3. The summed E-state index contributed by atoms with van der Waals surface area (Å²) in [5.74, 6) is -0.419. The summed E-state index contributed by atoms with van der Waals surface area (Å²) in [5.41, 5.74) is 2.18. The summed E-state index contributed by atoms with van der Waals surface area (Å²) >= 11 is 0. The van der Waals surface area contributed by atoms with Gasteiger partial charge >= 0.3 is 0 Å². The van der Waals surface area contributed by atoms with E-state index in [0.717, 1.165) is 5.56 Å². The van der Waals surface area contributed by atoms with Crippen LogP contribution in [0.4, 0.5) is 5.69 Å². The molecule has 0 heterocycles. The van der Waals surface area contributed by atoms with Crippen LogP contribution in [-0.2, 0) is 14.8 Å². The summed E-state index contributed by atoms with van der Waals surface area (Å²) in [4.78, 5) is 24.8. The van der Waals surface area contributed by atoms with Crippen molar-refractivity contribution in [3.63, 3.8) is 0 Å². The molecule has 0 aliphatic carbocycles. The van der Waals surface area contributed by atoms with Crippen LogP contribution in [0.5, 0.6) is 0 Å². The fourth-order valence-corrected chi connectivity index (χ4v) is 4.40. The Bertz CT molecular complexity index is 1020. The number of hydrogen-bond donors (Lipinski definition) is 3. The van der Waals surface area contributed by atoms with E-state index in [2.05, 4.69) is 15.4 Å². The highest BCUT2D eigenvalue weighted by molar-refractivity contribution is 7.92. The Morgan fingerprint density at radius 3 is 2.20 bits per heavy atom. The molecule has 0 aliphatic heterocycles. The van der Waals surface area contributed by atoms with Crippen LogP contribution in [0.15, 0.2) is 47.4 Å². The van der Waals surface area contributed by atoms with Gasteiger partial charge in [-0.2, -0.15) is 0 Å². The lowest BCUT2D eigenvalue weighted by Gasteiger charge is -2.19. The van der Waals surface area contributed by atoms with E-state index in [4.69, 9.17) is 0 Å². The van der Waals surface area contributed by atoms with Gasteiger partial charge in [0.1, 0.15) is 6.04 Å². The minimum absolute atomic E-state index is 0.214. The maximum Gasteiger partial charge on any atom is 0.262 e. The largest absolute Gasteiger partial charge is 0.357 e. The van der Waals surface area contributed by atoms with Crippen LogP contribution in [0.2, 0.25) is 0 Å². The fraction of sp³-hybridized carbons (Fsp3) is 0.364. The molecular formula is C22H29N3O4S. The molecule has 3 N–H and O–H groups in total. The lowest BCUT2D eigenvalue weighted by atomic mass is 10.0. The van der Waals surface area contributed by atoms with Crippen molar-refractivity contribution < 1.29 is 18.0 Å². The van der Waals surface area contributed by atoms with Crippen molar-refractivity contribution in [2.75, 3.05) is 11.8 Å². The van der Waals surface area contributed by atoms with E-state index in [0.29, 0.717) is 23.2 Å². The molecule has 2 aromatic carbocycles. The first-order valence-electron chi connectivity index (χ1n) is 9.76. The Morgan fingerprint density at radius 2 is 1.63 bits per heavy atom. The number of carbonyl (C=O) groups is 2. The number of carbonyl (C=O) groups excluding carboxylic acids is 2. The zero-order valence-corrected chi connectivity index (χ0v) is 18.8. The van der Waals surface area contributed by atoms with Gasteiger partial charge in [-0.25, -0.2) is 8.42 Å². The van der Waals surface area contributed by atoms with Gasteiger partial charge in [0.05, 0.1) is 4.90 Å². The topological polar surface area (TPSA) is 104 Å². The van der Waals surface area contributed by atoms with Gasteiger partial charge in [-0.1, -0.05) is 26.0 Å². The van der Waals surface area contributed by atoms with E-state index in [1.807, 2.05) is 26.8 Å². The second kappa shape index (κ2) is 9.75. The Kier molecular flexibility index (Phi) is 7.61. The Morgan fingerprint density at radius 1 is 1.00 bits per heavy atom. The lowest BCUT2D eigenvalue weighted by Crippen LogP contribution is -2.46. The number of benzene rings is 2. The Labute approximate surface area is 178 Å². The van der Waals surface area contributed by atoms with Gasteiger partial charge in [-0.3, -0.25) is 14.3 Å².